The average molecular weight is 698 g/mol. The Morgan fingerprint density at radius 2 is 1.81 bits per heavy atom. The molecule has 0 radical (unpaired) electrons. The van der Waals surface area contributed by atoms with E-state index in [0.29, 0.717) is 22.5 Å². The van der Waals surface area contributed by atoms with Crippen molar-refractivity contribution in [1.82, 2.24) is 9.55 Å². The van der Waals surface area contributed by atoms with Gasteiger partial charge >= 0.3 is 18.6 Å². The van der Waals surface area contributed by atoms with Gasteiger partial charge in [0.15, 0.2) is 5.17 Å². The van der Waals surface area contributed by atoms with Crippen molar-refractivity contribution in [2.75, 3.05) is 22.6 Å². The molecule has 5 rings (SSSR count). The molecule has 9 nitrogen and oxygen atoms in total. The van der Waals surface area contributed by atoms with E-state index in [-0.39, 0.29) is 38.8 Å². The summed E-state index contributed by atoms with van der Waals surface area (Å²) >= 11 is 7.40. The highest BCUT2D eigenvalue weighted by Crippen LogP contribution is 2.36. The number of aromatic nitrogens is 2. The summed E-state index contributed by atoms with van der Waals surface area (Å²) in [6, 6.07) is 13.6. The van der Waals surface area contributed by atoms with Crippen LogP contribution in [0.15, 0.2) is 78.2 Å². The molecule has 0 spiro atoms. The van der Waals surface area contributed by atoms with Gasteiger partial charge in [-0.2, -0.15) is 18.2 Å². The normalized spacial score (nSPS) is 14.5. The van der Waals surface area contributed by atoms with E-state index in [9.17, 15) is 35.9 Å². The van der Waals surface area contributed by atoms with Crippen LogP contribution >= 0.6 is 23.4 Å². The molecule has 1 aliphatic heterocycles. The van der Waals surface area contributed by atoms with Gasteiger partial charge in [-0.25, -0.2) is 9.78 Å². The van der Waals surface area contributed by atoms with Crippen molar-refractivity contribution >= 4 is 51.8 Å². The first-order valence-corrected chi connectivity index (χ1v) is 14.9. The number of thioether (sulfide) groups is 1. The van der Waals surface area contributed by atoms with Crippen LogP contribution in [0.4, 0.5) is 42.5 Å². The Balaban J connectivity index is 1.29. The van der Waals surface area contributed by atoms with Gasteiger partial charge in [0, 0.05) is 17.4 Å². The van der Waals surface area contributed by atoms with Crippen LogP contribution in [0.3, 0.4) is 0 Å². The zero-order valence-corrected chi connectivity index (χ0v) is 25.6. The Morgan fingerprint density at radius 1 is 1.06 bits per heavy atom. The lowest BCUT2D eigenvalue weighted by molar-refractivity contribution is -0.274. The van der Waals surface area contributed by atoms with E-state index >= 15 is 0 Å². The van der Waals surface area contributed by atoms with Crippen molar-refractivity contribution in [3.05, 3.63) is 83.8 Å². The SMILES string of the molecule is Cc1ccc(OCCC(F)(F)F)c(N2C(=O)CS/C2=N\C(=O)Nc2ccc(-n3cnc(-c4ccc(OC(F)(F)F)cc4)c3)cc2Cl)c1. The first-order valence-electron chi connectivity index (χ1n) is 13.5. The molecule has 17 heteroatoms. The zero-order chi connectivity index (χ0) is 33.9. The summed E-state index contributed by atoms with van der Waals surface area (Å²) < 4.78 is 86.1. The molecular weight excluding hydrogens is 676 g/mol. The molecule has 0 aliphatic carbocycles. The van der Waals surface area contributed by atoms with Crippen molar-refractivity contribution in [3.63, 3.8) is 0 Å². The van der Waals surface area contributed by atoms with Crippen molar-refractivity contribution in [1.29, 1.82) is 0 Å². The van der Waals surface area contributed by atoms with E-state index in [1.54, 1.807) is 35.9 Å². The number of benzene rings is 3. The van der Waals surface area contributed by atoms with Crippen LogP contribution in [-0.2, 0) is 4.79 Å². The number of aliphatic imine (C=N–C) groups is 1. The number of amides is 3. The first kappa shape index (κ1) is 33.7. The van der Waals surface area contributed by atoms with E-state index in [1.807, 2.05) is 0 Å². The summed E-state index contributed by atoms with van der Waals surface area (Å²) in [4.78, 5) is 35.1. The van der Waals surface area contributed by atoms with Crippen LogP contribution in [-0.4, -0.2) is 51.6 Å². The van der Waals surface area contributed by atoms with Crippen LogP contribution in [0.1, 0.15) is 12.0 Å². The largest absolute Gasteiger partial charge is 0.573 e. The average Bonchev–Trinajstić information content (AvgIpc) is 3.61. The number of urea groups is 1. The molecular formula is C30H22ClF6N5O4S. The molecule has 1 fully saturated rings. The highest BCUT2D eigenvalue weighted by molar-refractivity contribution is 8.15. The molecule has 0 atom stereocenters. The number of amidine groups is 1. The number of nitrogens with one attached hydrogen (secondary N) is 1. The predicted molar refractivity (Wildman–Crippen MR) is 164 cm³/mol. The van der Waals surface area contributed by atoms with Crippen molar-refractivity contribution < 1.29 is 45.4 Å². The molecule has 246 valence electrons. The van der Waals surface area contributed by atoms with Gasteiger partial charge in [0.2, 0.25) is 5.91 Å². The quantitative estimate of drug-likeness (QED) is 0.186. The molecule has 0 saturated carbocycles. The summed E-state index contributed by atoms with van der Waals surface area (Å²) in [6.45, 7) is 1.06. The van der Waals surface area contributed by atoms with E-state index in [1.165, 1.54) is 48.8 Å². The van der Waals surface area contributed by atoms with Crippen molar-refractivity contribution in [2.24, 2.45) is 4.99 Å². The van der Waals surface area contributed by atoms with Gasteiger partial charge in [-0.15, -0.1) is 13.2 Å². The second kappa shape index (κ2) is 13.6. The van der Waals surface area contributed by atoms with Crippen LogP contribution in [0.2, 0.25) is 5.02 Å². The fraction of sp³-hybridized carbons (Fsp3) is 0.200. The molecule has 1 aliphatic rings. The van der Waals surface area contributed by atoms with Gasteiger partial charge in [0.05, 0.1) is 47.2 Å². The van der Waals surface area contributed by atoms with Gasteiger partial charge in [-0.1, -0.05) is 29.4 Å². The maximum Gasteiger partial charge on any atom is 0.573 e. The highest BCUT2D eigenvalue weighted by atomic mass is 35.5. The predicted octanol–water partition coefficient (Wildman–Crippen LogP) is 8.40. The van der Waals surface area contributed by atoms with Crippen LogP contribution in [0.5, 0.6) is 11.5 Å². The fourth-order valence-corrected chi connectivity index (χ4v) is 5.40. The van der Waals surface area contributed by atoms with Crippen LogP contribution in [0, 0.1) is 6.92 Å². The molecule has 3 amide bonds. The number of carbonyl (C=O) groups excluding carboxylic acids is 2. The van der Waals surface area contributed by atoms with Gasteiger partial charge in [-0.3, -0.25) is 9.69 Å². The monoisotopic (exact) mass is 697 g/mol. The number of hydrogen-bond donors (Lipinski definition) is 1. The summed E-state index contributed by atoms with van der Waals surface area (Å²) in [6.07, 6.45) is -7.32. The van der Waals surface area contributed by atoms with Gasteiger partial charge in [0.1, 0.15) is 11.5 Å². The van der Waals surface area contributed by atoms with Crippen molar-refractivity contribution in [2.45, 2.75) is 25.9 Å². The smallest absolute Gasteiger partial charge is 0.491 e. The minimum Gasteiger partial charge on any atom is -0.491 e. The number of nitrogens with zero attached hydrogens (tertiary/aromatic N) is 4. The molecule has 0 bridgehead atoms. The van der Waals surface area contributed by atoms with E-state index in [4.69, 9.17) is 16.3 Å². The molecule has 2 heterocycles. The summed E-state index contributed by atoms with van der Waals surface area (Å²) in [7, 11) is 0. The number of anilines is 2. The second-order valence-corrected chi connectivity index (χ2v) is 11.3. The third kappa shape index (κ3) is 8.77. The lowest BCUT2D eigenvalue weighted by Crippen LogP contribution is -2.31. The first-order chi connectivity index (χ1) is 22.1. The van der Waals surface area contributed by atoms with Crippen molar-refractivity contribution in [3.8, 4) is 28.4 Å². The van der Waals surface area contributed by atoms with E-state index in [0.717, 1.165) is 16.7 Å². The third-order valence-electron chi connectivity index (χ3n) is 6.42. The molecule has 1 saturated heterocycles. The minimum atomic E-state index is -4.80. The Bertz CT molecular complexity index is 1830. The molecule has 1 N–H and O–H groups in total. The third-order valence-corrected chi connectivity index (χ3v) is 7.66. The maximum absolute atomic E-state index is 12.9. The lowest BCUT2D eigenvalue weighted by Gasteiger charge is -2.21. The number of aryl methyl sites for hydroxylation is 1. The second-order valence-electron chi connectivity index (χ2n) is 9.93. The maximum atomic E-state index is 12.9. The Morgan fingerprint density at radius 3 is 2.49 bits per heavy atom. The highest BCUT2D eigenvalue weighted by Gasteiger charge is 2.34. The van der Waals surface area contributed by atoms with Crippen LogP contribution in [0.25, 0.3) is 16.9 Å². The topological polar surface area (TPSA) is 98.1 Å². The number of carbonyl (C=O) groups is 2. The van der Waals surface area contributed by atoms with E-state index in [2.05, 4.69) is 20.0 Å². The molecule has 0 unspecified atom stereocenters. The lowest BCUT2D eigenvalue weighted by atomic mass is 10.1. The zero-order valence-electron chi connectivity index (χ0n) is 24.0. The number of imidazole rings is 1. The van der Waals surface area contributed by atoms with E-state index < -0.39 is 37.5 Å². The van der Waals surface area contributed by atoms with Gasteiger partial charge in [0.25, 0.3) is 0 Å². The molecule has 3 aromatic carbocycles. The van der Waals surface area contributed by atoms with Gasteiger partial charge in [-0.05, 0) is 67.1 Å². The number of hydrogen-bond acceptors (Lipinski definition) is 6. The number of rotatable bonds is 8. The molecule has 4 aromatic rings. The number of alkyl halides is 6. The Hall–Kier alpha value is -4.70. The summed E-state index contributed by atoms with van der Waals surface area (Å²) in [5.74, 6) is -0.844. The fourth-order valence-electron chi connectivity index (χ4n) is 4.32. The molecule has 1 aromatic heterocycles. The minimum absolute atomic E-state index is 0.00420. The standard InChI is InChI=1S/C30H22ClF6N5O4S/c1-17-2-9-25(45-11-10-29(32,33)34)24(12-17)42-26(43)15-47-28(42)40-27(44)39-22-8-5-19(13-21(22)31)41-14-23(38-16-41)18-3-6-20(7-4-18)46-30(35,36)37/h2-9,12-14,16H,10-11,15H2,1H3,(H,39,44)/b40-28-. The molecule has 47 heavy (non-hydrogen) atoms. The Kier molecular flexibility index (Phi) is 9.72. The number of ether oxygens (including phenoxy) is 2. The van der Waals surface area contributed by atoms with Gasteiger partial charge < -0.3 is 19.4 Å². The number of halogens is 7. The van der Waals surface area contributed by atoms with Crippen LogP contribution < -0.4 is 19.7 Å². The summed E-state index contributed by atoms with van der Waals surface area (Å²) in [5.41, 5.74) is 2.59. The Labute approximate surface area is 272 Å². The summed E-state index contributed by atoms with van der Waals surface area (Å²) in [5, 5.41) is 2.68.